The number of phenols is 1. The number of anilines is 1. The van der Waals surface area contributed by atoms with Gasteiger partial charge in [0.15, 0.2) is 0 Å². The molecule has 0 spiro atoms. The topological polar surface area (TPSA) is 69.6 Å². The van der Waals surface area contributed by atoms with E-state index in [4.69, 9.17) is 0 Å². The summed E-state index contributed by atoms with van der Waals surface area (Å²) in [6, 6.07) is 11.6. The van der Waals surface area contributed by atoms with Crippen molar-refractivity contribution >= 4 is 17.5 Å². The van der Waals surface area contributed by atoms with Crippen LogP contribution in [0.2, 0.25) is 0 Å². The van der Waals surface area contributed by atoms with E-state index >= 15 is 0 Å². The highest BCUT2D eigenvalue weighted by molar-refractivity contribution is 6.06. The van der Waals surface area contributed by atoms with Gasteiger partial charge in [0.05, 0.1) is 5.56 Å². The number of carbonyl (C=O) groups is 2. The Bertz CT molecular complexity index is 752. The molecule has 0 aliphatic carbocycles. The summed E-state index contributed by atoms with van der Waals surface area (Å²) in [5, 5.41) is 12.6. The third-order valence-corrected chi connectivity index (χ3v) is 3.81. The van der Waals surface area contributed by atoms with Crippen molar-refractivity contribution in [1.82, 2.24) is 4.90 Å². The number of aryl methyl sites for hydroxylation is 1. The fourth-order valence-electron chi connectivity index (χ4n) is 2.45. The molecule has 0 aliphatic rings. The van der Waals surface area contributed by atoms with Gasteiger partial charge in [0.1, 0.15) is 5.75 Å². The quantitative estimate of drug-likeness (QED) is 0.884. The molecule has 5 heteroatoms. The number of carbonyl (C=O) groups excluding carboxylic acids is 2. The minimum absolute atomic E-state index is 0.0745. The lowest BCUT2D eigenvalue weighted by Gasteiger charge is -2.19. The van der Waals surface area contributed by atoms with Gasteiger partial charge < -0.3 is 15.3 Å². The zero-order chi connectivity index (χ0) is 17.7. The maximum Gasteiger partial charge on any atom is 0.259 e. The second-order valence-electron chi connectivity index (χ2n) is 5.53. The molecular weight excluding hydrogens is 304 g/mol. The summed E-state index contributed by atoms with van der Waals surface area (Å²) in [4.78, 5) is 26.5. The third kappa shape index (κ3) is 3.93. The van der Waals surface area contributed by atoms with E-state index in [2.05, 4.69) is 5.32 Å². The first-order valence-electron chi connectivity index (χ1n) is 7.96. The molecule has 2 aromatic carbocycles. The fraction of sp³-hybridized carbons (Fsp3) is 0.263. The lowest BCUT2D eigenvalue weighted by Crippen LogP contribution is -2.30. The van der Waals surface area contributed by atoms with Crippen LogP contribution < -0.4 is 5.32 Å². The Morgan fingerprint density at radius 1 is 1.08 bits per heavy atom. The molecule has 0 heterocycles. The average molecular weight is 326 g/mol. The lowest BCUT2D eigenvalue weighted by atomic mass is 10.1. The maximum atomic E-state index is 12.4. The van der Waals surface area contributed by atoms with Gasteiger partial charge in [0.25, 0.3) is 11.8 Å². The van der Waals surface area contributed by atoms with Gasteiger partial charge >= 0.3 is 0 Å². The molecule has 0 aromatic heterocycles. The Balaban J connectivity index is 2.22. The zero-order valence-electron chi connectivity index (χ0n) is 14.2. The molecule has 0 unspecified atom stereocenters. The second kappa shape index (κ2) is 7.64. The van der Waals surface area contributed by atoms with Crippen molar-refractivity contribution in [2.75, 3.05) is 18.4 Å². The number of hydrogen-bond acceptors (Lipinski definition) is 3. The van der Waals surface area contributed by atoms with Crippen LogP contribution in [0.4, 0.5) is 5.69 Å². The highest BCUT2D eigenvalue weighted by Gasteiger charge is 2.15. The molecule has 126 valence electrons. The van der Waals surface area contributed by atoms with E-state index in [1.165, 1.54) is 6.07 Å². The molecule has 2 rings (SSSR count). The number of rotatable bonds is 5. The van der Waals surface area contributed by atoms with E-state index in [0.717, 1.165) is 5.56 Å². The van der Waals surface area contributed by atoms with Crippen LogP contribution in [0.3, 0.4) is 0 Å². The standard InChI is InChI=1S/C19H22N2O3/c1-4-21(5-2)19(24)14-7-6-8-15(12-14)20-18(23)16-11-13(3)9-10-17(16)22/h6-12,22H,4-5H2,1-3H3,(H,20,23). The van der Waals surface area contributed by atoms with Crippen molar-refractivity contribution in [1.29, 1.82) is 0 Å². The number of nitrogens with zero attached hydrogens (tertiary/aromatic N) is 1. The van der Waals surface area contributed by atoms with Crippen molar-refractivity contribution in [3.8, 4) is 5.75 Å². The summed E-state index contributed by atoms with van der Waals surface area (Å²) in [6.45, 7) is 6.95. The van der Waals surface area contributed by atoms with Crippen LogP contribution in [-0.4, -0.2) is 34.9 Å². The Kier molecular flexibility index (Phi) is 5.58. The molecule has 2 N–H and O–H groups in total. The second-order valence-corrected chi connectivity index (χ2v) is 5.53. The highest BCUT2D eigenvalue weighted by Crippen LogP contribution is 2.20. The Morgan fingerprint density at radius 3 is 2.46 bits per heavy atom. The third-order valence-electron chi connectivity index (χ3n) is 3.81. The fourth-order valence-corrected chi connectivity index (χ4v) is 2.45. The minimum atomic E-state index is -0.413. The predicted molar refractivity (Wildman–Crippen MR) is 94.5 cm³/mol. The van der Waals surface area contributed by atoms with Crippen LogP contribution in [0.25, 0.3) is 0 Å². The first-order valence-corrected chi connectivity index (χ1v) is 7.96. The summed E-state index contributed by atoms with van der Waals surface area (Å²) in [7, 11) is 0. The van der Waals surface area contributed by atoms with Crippen molar-refractivity contribution in [3.05, 3.63) is 59.2 Å². The van der Waals surface area contributed by atoms with Gasteiger partial charge in [-0.25, -0.2) is 0 Å². The first-order chi connectivity index (χ1) is 11.5. The molecule has 2 aromatic rings. The van der Waals surface area contributed by atoms with Crippen LogP contribution in [0.15, 0.2) is 42.5 Å². The van der Waals surface area contributed by atoms with Gasteiger partial charge in [-0.1, -0.05) is 17.7 Å². The SMILES string of the molecule is CCN(CC)C(=O)c1cccc(NC(=O)c2cc(C)ccc2O)c1. The minimum Gasteiger partial charge on any atom is -0.507 e. The number of nitrogens with one attached hydrogen (secondary N) is 1. The Labute approximate surface area is 141 Å². The molecule has 2 amide bonds. The van der Waals surface area contributed by atoms with E-state index in [-0.39, 0.29) is 17.2 Å². The van der Waals surface area contributed by atoms with Gasteiger partial charge in [-0.15, -0.1) is 0 Å². The monoisotopic (exact) mass is 326 g/mol. The lowest BCUT2D eigenvalue weighted by molar-refractivity contribution is 0.0772. The molecule has 5 nitrogen and oxygen atoms in total. The van der Waals surface area contributed by atoms with Crippen molar-refractivity contribution < 1.29 is 14.7 Å². The first kappa shape index (κ1) is 17.5. The molecule has 0 radical (unpaired) electrons. The van der Waals surface area contributed by atoms with E-state index in [9.17, 15) is 14.7 Å². The molecule has 0 saturated carbocycles. The Hall–Kier alpha value is -2.82. The van der Waals surface area contributed by atoms with Crippen LogP contribution in [0.1, 0.15) is 40.1 Å². The summed E-state index contributed by atoms with van der Waals surface area (Å²) in [5.41, 5.74) is 2.11. The Morgan fingerprint density at radius 2 is 1.79 bits per heavy atom. The number of amides is 2. The zero-order valence-corrected chi connectivity index (χ0v) is 14.2. The number of benzene rings is 2. The molecule has 0 aliphatic heterocycles. The van der Waals surface area contributed by atoms with Gasteiger partial charge in [-0.2, -0.15) is 0 Å². The largest absolute Gasteiger partial charge is 0.507 e. The molecule has 0 bridgehead atoms. The van der Waals surface area contributed by atoms with Crippen molar-refractivity contribution in [2.45, 2.75) is 20.8 Å². The van der Waals surface area contributed by atoms with E-state index in [1.54, 1.807) is 41.3 Å². The van der Waals surface area contributed by atoms with E-state index < -0.39 is 5.91 Å². The maximum absolute atomic E-state index is 12.4. The van der Waals surface area contributed by atoms with Gasteiger partial charge in [0.2, 0.25) is 0 Å². The van der Waals surface area contributed by atoms with Crippen LogP contribution in [0.5, 0.6) is 5.75 Å². The summed E-state index contributed by atoms with van der Waals surface area (Å²) in [6.07, 6.45) is 0. The smallest absolute Gasteiger partial charge is 0.259 e. The molecular formula is C19H22N2O3. The van der Waals surface area contributed by atoms with E-state index in [1.807, 2.05) is 20.8 Å². The number of aromatic hydroxyl groups is 1. The summed E-state index contributed by atoms with van der Waals surface area (Å²) < 4.78 is 0. The highest BCUT2D eigenvalue weighted by atomic mass is 16.3. The summed E-state index contributed by atoms with van der Waals surface area (Å²) >= 11 is 0. The van der Waals surface area contributed by atoms with Gasteiger partial charge in [-0.05, 0) is 51.1 Å². The molecule has 24 heavy (non-hydrogen) atoms. The number of hydrogen-bond donors (Lipinski definition) is 2. The van der Waals surface area contributed by atoms with Crippen LogP contribution >= 0.6 is 0 Å². The molecule has 0 fully saturated rings. The summed E-state index contributed by atoms with van der Waals surface area (Å²) in [5.74, 6) is -0.563. The van der Waals surface area contributed by atoms with Crippen LogP contribution in [-0.2, 0) is 0 Å². The normalized spacial score (nSPS) is 10.3. The number of phenolic OH excluding ortho intramolecular Hbond substituents is 1. The van der Waals surface area contributed by atoms with Crippen molar-refractivity contribution in [2.24, 2.45) is 0 Å². The van der Waals surface area contributed by atoms with Crippen molar-refractivity contribution in [3.63, 3.8) is 0 Å². The van der Waals surface area contributed by atoms with Crippen LogP contribution in [0, 0.1) is 6.92 Å². The van der Waals surface area contributed by atoms with Gasteiger partial charge in [0, 0.05) is 24.3 Å². The molecule has 0 atom stereocenters. The predicted octanol–water partition coefficient (Wildman–Crippen LogP) is 3.43. The van der Waals surface area contributed by atoms with Gasteiger partial charge in [-0.3, -0.25) is 9.59 Å². The average Bonchev–Trinajstić information content (AvgIpc) is 2.58. The van der Waals surface area contributed by atoms with E-state index in [0.29, 0.717) is 24.3 Å². The molecule has 0 saturated heterocycles.